The minimum atomic E-state index is -3.40. The van der Waals surface area contributed by atoms with Crippen LogP contribution in [0, 0.1) is 0 Å². The fourth-order valence-corrected chi connectivity index (χ4v) is 2.50. The van der Waals surface area contributed by atoms with Crippen molar-refractivity contribution in [2.45, 2.75) is 44.1 Å². The van der Waals surface area contributed by atoms with Gasteiger partial charge in [0.1, 0.15) is 0 Å². The largest absolute Gasteiger partial charge is 0.449 e. The van der Waals surface area contributed by atoms with Gasteiger partial charge in [-0.2, -0.15) is 4.98 Å². The first-order valence-electron chi connectivity index (χ1n) is 7.33. The third-order valence-electron chi connectivity index (χ3n) is 3.24. The first-order chi connectivity index (χ1) is 11.0. The smallest absolute Gasteiger partial charge is 0.338 e. The van der Waals surface area contributed by atoms with Crippen molar-refractivity contribution in [1.29, 1.82) is 0 Å². The third-order valence-corrected chi connectivity index (χ3v) is 4.35. The van der Waals surface area contributed by atoms with Crippen molar-refractivity contribution in [2.24, 2.45) is 0 Å². The molecule has 1 atom stereocenters. The normalized spacial score (nSPS) is 13.5. The van der Waals surface area contributed by atoms with E-state index in [1.165, 1.54) is 24.3 Å². The molecule has 24 heavy (non-hydrogen) atoms. The first-order valence-corrected chi connectivity index (χ1v) is 9.23. The highest BCUT2D eigenvalue weighted by atomic mass is 32.2. The highest BCUT2D eigenvalue weighted by Gasteiger charge is 2.25. The average molecular weight is 352 g/mol. The second-order valence-electron chi connectivity index (χ2n) is 6.55. The van der Waals surface area contributed by atoms with Gasteiger partial charge in [0.05, 0.1) is 10.5 Å². The number of ether oxygens (including phenoxy) is 1. The molecule has 0 saturated heterocycles. The van der Waals surface area contributed by atoms with Gasteiger partial charge in [-0.05, 0) is 25.1 Å². The van der Waals surface area contributed by atoms with Crippen LogP contribution in [0.3, 0.4) is 0 Å². The molecule has 130 valence electrons. The van der Waals surface area contributed by atoms with E-state index in [9.17, 15) is 13.2 Å². The van der Waals surface area contributed by atoms with Crippen LogP contribution in [0.4, 0.5) is 0 Å². The van der Waals surface area contributed by atoms with E-state index in [2.05, 4.69) is 10.1 Å². The molecule has 2 rings (SSSR count). The zero-order valence-corrected chi connectivity index (χ0v) is 15.0. The number of hydrogen-bond acceptors (Lipinski definition) is 7. The Balaban J connectivity index is 2.16. The molecular formula is C16H20N2O5S. The average Bonchev–Trinajstić information content (AvgIpc) is 2.96. The van der Waals surface area contributed by atoms with Crippen LogP contribution >= 0.6 is 0 Å². The Morgan fingerprint density at radius 1 is 1.29 bits per heavy atom. The molecule has 1 unspecified atom stereocenters. The van der Waals surface area contributed by atoms with Gasteiger partial charge in [0.25, 0.3) is 5.89 Å². The molecule has 2 aromatic rings. The minimum absolute atomic E-state index is 0.0532. The van der Waals surface area contributed by atoms with Gasteiger partial charge in [-0.3, -0.25) is 0 Å². The third kappa shape index (κ3) is 4.19. The molecule has 0 aliphatic rings. The lowest BCUT2D eigenvalue weighted by Gasteiger charge is -2.12. The molecule has 0 N–H and O–H groups in total. The molecule has 0 amide bonds. The van der Waals surface area contributed by atoms with Crippen LogP contribution in [0.1, 0.15) is 55.9 Å². The first kappa shape index (κ1) is 18.1. The van der Waals surface area contributed by atoms with E-state index >= 15 is 0 Å². The standard InChI is InChI=1S/C16H20N2O5S/c1-10(13-17-15(18-23-13)16(2,3)4)22-14(19)11-7-6-8-12(9-11)24(5,20)21/h6-10H,1-5H3. The van der Waals surface area contributed by atoms with Crippen molar-refractivity contribution < 1.29 is 22.5 Å². The number of sulfone groups is 1. The van der Waals surface area contributed by atoms with E-state index in [0.717, 1.165) is 6.26 Å². The SMILES string of the molecule is CC(OC(=O)c1cccc(S(C)(=O)=O)c1)c1nc(C(C)(C)C)no1. The number of carbonyl (C=O) groups excluding carboxylic acids is 1. The Kier molecular flexibility index (Phi) is 4.80. The lowest BCUT2D eigenvalue weighted by Crippen LogP contribution is -2.14. The van der Waals surface area contributed by atoms with Gasteiger partial charge < -0.3 is 9.26 Å². The summed E-state index contributed by atoms with van der Waals surface area (Å²) >= 11 is 0. The van der Waals surface area contributed by atoms with Crippen molar-refractivity contribution in [3.05, 3.63) is 41.5 Å². The van der Waals surface area contributed by atoms with E-state index in [-0.39, 0.29) is 21.8 Å². The Labute approximate surface area is 140 Å². The topological polar surface area (TPSA) is 99.4 Å². The lowest BCUT2D eigenvalue weighted by molar-refractivity contribution is 0.0265. The number of rotatable bonds is 4. The lowest BCUT2D eigenvalue weighted by atomic mass is 9.96. The van der Waals surface area contributed by atoms with E-state index in [4.69, 9.17) is 9.26 Å². The number of hydrogen-bond donors (Lipinski definition) is 0. The van der Waals surface area contributed by atoms with E-state index < -0.39 is 21.9 Å². The molecule has 0 aliphatic heterocycles. The zero-order valence-electron chi connectivity index (χ0n) is 14.2. The van der Waals surface area contributed by atoms with Crippen LogP contribution in [-0.4, -0.2) is 30.8 Å². The Morgan fingerprint density at radius 3 is 2.50 bits per heavy atom. The molecule has 0 aliphatic carbocycles. The maximum absolute atomic E-state index is 12.2. The van der Waals surface area contributed by atoms with Gasteiger partial charge in [0, 0.05) is 11.7 Å². The predicted octanol–water partition coefficient (Wildman–Crippen LogP) is 2.69. The van der Waals surface area contributed by atoms with Crippen LogP contribution in [0.2, 0.25) is 0 Å². The summed E-state index contributed by atoms with van der Waals surface area (Å²) in [5.41, 5.74) is -0.143. The molecule has 0 fully saturated rings. The van der Waals surface area contributed by atoms with Crippen LogP contribution < -0.4 is 0 Å². The van der Waals surface area contributed by atoms with Crippen molar-refractivity contribution in [3.8, 4) is 0 Å². The van der Waals surface area contributed by atoms with Crippen molar-refractivity contribution in [2.75, 3.05) is 6.26 Å². The minimum Gasteiger partial charge on any atom is -0.449 e. The summed E-state index contributed by atoms with van der Waals surface area (Å²) in [6, 6.07) is 5.67. The second-order valence-corrected chi connectivity index (χ2v) is 8.57. The number of nitrogens with zero attached hydrogens (tertiary/aromatic N) is 2. The second kappa shape index (κ2) is 6.35. The van der Waals surface area contributed by atoms with Crippen LogP contribution in [0.15, 0.2) is 33.7 Å². The van der Waals surface area contributed by atoms with Gasteiger partial charge in [0.2, 0.25) is 0 Å². The molecular weight excluding hydrogens is 332 g/mol. The van der Waals surface area contributed by atoms with Crippen molar-refractivity contribution in [1.82, 2.24) is 10.1 Å². The van der Waals surface area contributed by atoms with E-state index in [0.29, 0.717) is 5.82 Å². The van der Waals surface area contributed by atoms with E-state index in [1.54, 1.807) is 6.92 Å². The Morgan fingerprint density at radius 2 is 1.96 bits per heavy atom. The Hall–Kier alpha value is -2.22. The quantitative estimate of drug-likeness (QED) is 0.780. The zero-order chi connectivity index (χ0) is 18.1. The number of benzene rings is 1. The van der Waals surface area contributed by atoms with Crippen LogP contribution in [0.25, 0.3) is 0 Å². The molecule has 1 heterocycles. The number of aromatic nitrogens is 2. The molecule has 7 nitrogen and oxygen atoms in total. The van der Waals surface area contributed by atoms with Crippen LogP contribution in [0.5, 0.6) is 0 Å². The van der Waals surface area contributed by atoms with E-state index in [1.807, 2.05) is 20.8 Å². The Bertz CT molecular complexity index is 849. The summed E-state index contributed by atoms with van der Waals surface area (Å²) in [6.45, 7) is 7.43. The summed E-state index contributed by atoms with van der Waals surface area (Å²) in [7, 11) is -3.40. The van der Waals surface area contributed by atoms with Gasteiger partial charge in [-0.15, -0.1) is 0 Å². The maximum atomic E-state index is 12.2. The van der Waals surface area contributed by atoms with Gasteiger partial charge in [-0.25, -0.2) is 13.2 Å². The van der Waals surface area contributed by atoms with Crippen molar-refractivity contribution >= 4 is 15.8 Å². The molecule has 8 heteroatoms. The summed E-state index contributed by atoms with van der Waals surface area (Å²) in [4.78, 5) is 16.5. The number of carbonyl (C=O) groups is 1. The fourth-order valence-electron chi connectivity index (χ4n) is 1.84. The van der Waals surface area contributed by atoms with Gasteiger partial charge >= 0.3 is 5.97 Å². The molecule has 0 radical (unpaired) electrons. The predicted molar refractivity (Wildman–Crippen MR) is 86.4 cm³/mol. The summed E-state index contributed by atoms with van der Waals surface area (Å²) < 4.78 is 33.5. The highest BCUT2D eigenvalue weighted by molar-refractivity contribution is 7.90. The maximum Gasteiger partial charge on any atom is 0.338 e. The van der Waals surface area contributed by atoms with Crippen LogP contribution in [-0.2, 0) is 20.0 Å². The molecule has 0 spiro atoms. The summed E-state index contributed by atoms with van der Waals surface area (Å²) in [5, 5.41) is 3.88. The summed E-state index contributed by atoms with van der Waals surface area (Å²) in [6.07, 6.45) is 0.329. The molecule has 0 saturated carbocycles. The monoisotopic (exact) mass is 352 g/mol. The summed E-state index contributed by atoms with van der Waals surface area (Å²) in [5.74, 6) is 0.0375. The fraction of sp³-hybridized carbons (Fsp3) is 0.438. The van der Waals surface area contributed by atoms with Crippen molar-refractivity contribution in [3.63, 3.8) is 0 Å². The highest BCUT2D eigenvalue weighted by Crippen LogP contribution is 2.23. The van der Waals surface area contributed by atoms with Gasteiger partial charge in [0.15, 0.2) is 21.8 Å². The molecule has 0 bridgehead atoms. The molecule has 1 aromatic heterocycles. The molecule has 1 aromatic carbocycles. The van der Waals surface area contributed by atoms with Gasteiger partial charge in [-0.1, -0.05) is 32.0 Å². The number of esters is 1.